The molecule has 1 aromatic carbocycles. The highest BCUT2D eigenvalue weighted by atomic mass is 16.5. The molecule has 6 heteroatoms. The molecule has 1 aromatic rings. The molecule has 0 radical (unpaired) electrons. The number of amidine groups is 1. The summed E-state index contributed by atoms with van der Waals surface area (Å²) in [6.45, 7) is 5.67. The Morgan fingerprint density at radius 3 is 2.76 bits per heavy atom. The van der Waals surface area contributed by atoms with Crippen molar-refractivity contribution in [1.82, 2.24) is 4.90 Å². The van der Waals surface area contributed by atoms with Crippen LogP contribution >= 0.6 is 0 Å². The van der Waals surface area contributed by atoms with E-state index < -0.39 is 0 Å². The molecule has 0 bridgehead atoms. The SMILES string of the molecule is NC(=NO)c1ccccc1N1CCC(N2CCOCC2)C1. The fourth-order valence-electron chi connectivity index (χ4n) is 3.22. The van der Waals surface area contributed by atoms with Gasteiger partial charge in [0.15, 0.2) is 5.84 Å². The van der Waals surface area contributed by atoms with Crippen molar-refractivity contribution in [2.45, 2.75) is 12.5 Å². The predicted octanol–water partition coefficient (Wildman–Crippen LogP) is 0.692. The van der Waals surface area contributed by atoms with Gasteiger partial charge in [0, 0.05) is 43.5 Å². The first-order chi connectivity index (χ1) is 10.3. The van der Waals surface area contributed by atoms with Crippen LogP contribution in [0.3, 0.4) is 0 Å². The highest BCUT2D eigenvalue weighted by Gasteiger charge is 2.29. The maximum absolute atomic E-state index is 8.93. The van der Waals surface area contributed by atoms with E-state index in [4.69, 9.17) is 15.7 Å². The fourth-order valence-corrected chi connectivity index (χ4v) is 3.22. The van der Waals surface area contributed by atoms with Gasteiger partial charge in [-0.05, 0) is 18.6 Å². The smallest absolute Gasteiger partial charge is 0.172 e. The maximum Gasteiger partial charge on any atom is 0.172 e. The molecule has 2 saturated heterocycles. The minimum atomic E-state index is 0.167. The Labute approximate surface area is 124 Å². The molecule has 0 amide bonds. The average Bonchev–Trinajstić information content (AvgIpc) is 3.05. The van der Waals surface area contributed by atoms with Crippen LogP contribution in [0.2, 0.25) is 0 Å². The normalized spacial score (nSPS) is 24.5. The van der Waals surface area contributed by atoms with Crippen LogP contribution in [0.15, 0.2) is 29.4 Å². The van der Waals surface area contributed by atoms with Crippen molar-refractivity contribution < 1.29 is 9.94 Å². The van der Waals surface area contributed by atoms with Crippen LogP contribution in [0.1, 0.15) is 12.0 Å². The lowest BCUT2D eigenvalue weighted by molar-refractivity contribution is 0.0209. The second-order valence-corrected chi connectivity index (χ2v) is 5.54. The topological polar surface area (TPSA) is 74.3 Å². The van der Waals surface area contributed by atoms with Gasteiger partial charge in [0.1, 0.15) is 0 Å². The van der Waals surface area contributed by atoms with Crippen LogP contribution in [0, 0.1) is 0 Å². The number of oxime groups is 1. The molecule has 2 fully saturated rings. The first-order valence-corrected chi connectivity index (χ1v) is 7.43. The third-order valence-corrected chi connectivity index (χ3v) is 4.35. The van der Waals surface area contributed by atoms with Crippen LogP contribution in [-0.4, -0.2) is 61.4 Å². The van der Waals surface area contributed by atoms with Crippen LogP contribution in [0.25, 0.3) is 0 Å². The summed E-state index contributed by atoms with van der Waals surface area (Å²) in [6.07, 6.45) is 1.14. The van der Waals surface area contributed by atoms with E-state index in [0.29, 0.717) is 6.04 Å². The number of benzene rings is 1. The van der Waals surface area contributed by atoms with Gasteiger partial charge < -0.3 is 20.6 Å². The second-order valence-electron chi connectivity index (χ2n) is 5.54. The van der Waals surface area contributed by atoms with Crippen LogP contribution < -0.4 is 10.6 Å². The molecule has 2 aliphatic heterocycles. The molecule has 2 aliphatic rings. The van der Waals surface area contributed by atoms with Crippen molar-refractivity contribution in [3.05, 3.63) is 29.8 Å². The summed E-state index contributed by atoms with van der Waals surface area (Å²) in [7, 11) is 0. The first kappa shape index (κ1) is 14.2. The van der Waals surface area contributed by atoms with Gasteiger partial charge in [-0.1, -0.05) is 17.3 Å². The zero-order valence-electron chi connectivity index (χ0n) is 12.1. The van der Waals surface area contributed by atoms with Gasteiger partial charge in [0.2, 0.25) is 0 Å². The highest BCUT2D eigenvalue weighted by molar-refractivity contribution is 6.02. The standard InChI is InChI=1S/C15H22N4O2/c16-15(17-20)13-3-1-2-4-14(13)19-6-5-12(11-19)18-7-9-21-10-8-18/h1-4,12,20H,5-11H2,(H2,16,17). The Morgan fingerprint density at radius 1 is 1.24 bits per heavy atom. The average molecular weight is 290 g/mol. The minimum absolute atomic E-state index is 0.167. The molecule has 2 heterocycles. The molecular formula is C15H22N4O2. The van der Waals surface area contributed by atoms with Gasteiger partial charge in [-0.15, -0.1) is 0 Å². The van der Waals surface area contributed by atoms with Crippen molar-refractivity contribution >= 4 is 11.5 Å². The van der Waals surface area contributed by atoms with Crippen LogP contribution in [-0.2, 0) is 4.74 Å². The lowest BCUT2D eigenvalue weighted by atomic mass is 10.1. The lowest BCUT2D eigenvalue weighted by Gasteiger charge is -2.32. The highest BCUT2D eigenvalue weighted by Crippen LogP contribution is 2.26. The monoisotopic (exact) mass is 290 g/mol. The van der Waals surface area contributed by atoms with Crippen molar-refractivity contribution in [3.63, 3.8) is 0 Å². The fraction of sp³-hybridized carbons (Fsp3) is 0.533. The number of nitrogens with two attached hydrogens (primary N) is 1. The Kier molecular flexibility index (Phi) is 4.26. The molecule has 3 N–H and O–H groups in total. The molecule has 21 heavy (non-hydrogen) atoms. The Bertz CT molecular complexity index is 514. The van der Waals surface area contributed by atoms with E-state index in [2.05, 4.69) is 15.0 Å². The third-order valence-electron chi connectivity index (χ3n) is 4.35. The van der Waals surface area contributed by atoms with E-state index in [1.54, 1.807) is 0 Å². The molecule has 0 saturated carbocycles. The number of morpholine rings is 1. The molecule has 0 spiro atoms. The number of hydrogen-bond donors (Lipinski definition) is 2. The largest absolute Gasteiger partial charge is 0.409 e. The summed E-state index contributed by atoms with van der Waals surface area (Å²) < 4.78 is 5.42. The second kappa shape index (κ2) is 6.32. The third kappa shape index (κ3) is 2.96. The van der Waals surface area contributed by atoms with Crippen molar-refractivity contribution in [1.29, 1.82) is 0 Å². The van der Waals surface area contributed by atoms with E-state index in [1.165, 1.54) is 0 Å². The number of rotatable bonds is 3. The van der Waals surface area contributed by atoms with E-state index in [1.807, 2.05) is 24.3 Å². The van der Waals surface area contributed by atoms with E-state index in [-0.39, 0.29) is 5.84 Å². The summed E-state index contributed by atoms with van der Waals surface area (Å²) in [4.78, 5) is 4.84. The van der Waals surface area contributed by atoms with Gasteiger partial charge in [-0.2, -0.15) is 0 Å². The number of ether oxygens (including phenoxy) is 1. The summed E-state index contributed by atoms with van der Waals surface area (Å²) in [5, 5.41) is 12.1. The number of nitrogens with zero attached hydrogens (tertiary/aromatic N) is 3. The van der Waals surface area contributed by atoms with Crippen molar-refractivity contribution in [3.8, 4) is 0 Å². The molecule has 1 unspecified atom stereocenters. The van der Waals surface area contributed by atoms with E-state index in [0.717, 1.165) is 57.1 Å². The van der Waals surface area contributed by atoms with Crippen molar-refractivity contribution in [2.24, 2.45) is 10.9 Å². The summed E-state index contributed by atoms with van der Waals surface area (Å²) in [6, 6.07) is 8.40. The van der Waals surface area contributed by atoms with Gasteiger partial charge in [0.25, 0.3) is 0 Å². The van der Waals surface area contributed by atoms with Gasteiger partial charge in [-0.3, -0.25) is 4.90 Å². The molecule has 0 aromatic heterocycles. The number of hydrogen-bond acceptors (Lipinski definition) is 5. The summed E-state index contributed by atoms with van der Waals surface area (Å²) in [5.74, 6) is 0.167. The molecule has 3 rings (SSSR count). The van der Waals surface area contributed by atoms with E-state index >= 15 is 0 Å². The molecule has 1 atom stereocenters. The quantitative estimate of drug-likeness (QED) is 0.371. The first-order valence-electron chi connectivity index (χ1n) is 7.43. The predicted molar refractivity (Wildman–Crippen MR) is 82.0 cm³/mol. The van der Waals surface area contributed by atoms with Crippen LogP contribution in [0.4, 0.5) is 5.69 Å². The van der Waals surface area contributed by atoms with Crippen molar-refractivity contribution in [2.75, 3.05) is 44.3 Å². The van der Waals surface area contributed by atoms with Gasteiger partial charge in [-0.25, -0.2) is 0 Å². The van der Waals surface area contributed by atoms with Gasteiger partial charge >= 0.3 is 0 Å². The zero-order chi connectivity index (χ0) is 14.7. The Balaban J connectivity index is 1.74. The molecule has 6 nitrogen and oxygen atoms in total. The summed E-state index contributed by atoms with van der Waals surface area (Å²) >= 11 is 0. The number of para-hydroxylation sites is 1. The minimum Gasteiger partial charge on any atom is -0.409 e. The molecule has 0 aliphatic carbocycles. The van der Waals surface area contributed by atoms with E-state index in [9.17, 15) is 0 Å². The number of anilines is 1. The lowest BCUT2D eigenvalue weighted by Crippen LogP contribution is -2.44. The molecular weight excluding hydrogens is 268 g/mol. The Hall–Kier alpha value is -1.79. The molecule has 114 valence electrons. The van der Waals surface area contributed by atoms with Gasteiger partial charge in [0.05, 0.1) is 13.2 Å². The maximum atomic E-state index is 8.93. The van der Waals surface area contributed by atoms with Crippen LogP contribution in [0.5, 0.6) is 0 Å². The zero-order valence-corrected chi connectivity index (χ0v) is 12.1. The Morgan fingerprint density at radius 2 is 2.00 bits per heavy atom. The summed E-state index contributed by atoms with van der Waals surface area (Å²) in [5.41, 5.74) is 7.63.